The molecule has 0 atom stereocenters. The van der Waals surface area contributed by atoms with E-state index in [4.69, 9.17) is 12.2 Å². The third-order valence-corrected chi connectivity index (χ3v) is 2.83. The number of thioether (sulfide) groups is 1. The molecule has 0 aliphatic carbocycles. The quantitative estimate of drug-likeness (QED) is 0.570. The largest absolute Gasteiger partial charge is 0.307 e. The molecule has 1 aromatic heterocycles. The van der Waals surface area contributed by atoms with Crippen molar-refractivity contribution in [2.24, 2.45) is 7.05 Å². The van der Waals surface area contributed by atoms with Crippen LogP contribution in [0.15, 0.2) is 17.3 Å². The smallest absolute Gasteiger partial charge is 0.263 e. The third kappa shape index (κ3) is 1.85. The molecule has 14 heavy (non-hydrogen) atoms. The highest BCUT2D eigenvalue weighted by atomic mass is 32.2. The molecular weight excluding hydrogens is 218 g/mol. The van der Waals surface area contributed by atoms with Crippen molar-refractivity contribution in [3.8, 4) is 0 Å². The molecule has 0 aromatic carbocycles. The molecule has 2 rings (SSSR count). The van der Waals surface area contributed by atoms with Gasteiger partial charge in [-0.05, 0) is 6.08 Å². The fourth-order valence-corrected chi connectivity index (χ4v) is 2.13. The van der Waals surface area contributed by atoms with Crippen LogP contribution in [0.2, 0.25) is 0 Å². The Kier molecular flexibility index (Phi) is 2.39. The number of carbonyl (C=O) groups is 1. The number of aromatic nitrogens is 2. The molecule has 0 bridgehead atoms. The Bertz CT molecular complexity index is 436. The summed E-state index contributed by atoms with van der Waals surface area (Å²) in [6.07, 6.45) is 5.30. The summed E-state index contributed by atoms with van der Waals surface area (Å²) in [5, 5.41) is 6.55. The maximum absolute atomic E-state index is 11.3. The fraction of sp³-hybridized carbons (Fsp3) is 0.125. The molecular formula is C8H7N3OS2. The van der Waals surface area contributed by atoms with Crippen LogP contribution in [0.3, 0.4) is 0 Å². The van der Waals surface area contributed by atoms with Crippen molar-refractivity contribution in [2.75, 3.05) is 0 Å². The summed E-state index contributed by atoms with van der Waals surface area (Å²) in [6, 6.07) is 0. The second kappa shape index (κ2) is 3.55. The van der Waals surface area contributed by atoms with Gasteiger partial charge in [0.25, 0.3) is 5.91 Å². The Morgan fingerprint density at radius 3 is 3.00 bits per heavy atom. The second-order valence-corrected chi connectivity index (χ2v) is 4.52. The van der Waals surface area contributed by atoms with E-state index in [0.717, 1.165) is 5.56 Å². The summed E-state index contributed by atoms with van der Waals surface area (Å²) in [5.41, 5.74) is 0.898. The third-order valence-electron chi connectivity index (χ3n) is 1.66. The Morgan fingerprint density at radius 1 is 1.71 bits per heavy atom. The fourth-order valence-electron chi connectivity index (χ4n) is 1.09. The molecule has 0 radical (unpaired) electrons. The standard InChI is InChI=1S/C8H7N3OS2/c1-11-4-5(3-9-11)2-6-7(12)10-8(13)14-6/h2-4H,1H3,(H,10,12,13)/b6-2+. The highest BCUT2D eigenvalue weighted by Crippen LogP contribution is 2.25. The molecule has 72 valence electrons. The van der Waals surface area contributed by atoms with E-state index in [0.29, 0.717) is 9.23 Å². The van der Waals surface area contributed by atoms with E-state index >= 15 is 0 Å². The van der Waals surface area contributed by atoms with Crippen molar-refractivity contribution in [3.05, 3.63) is 22.9 Å². The number of hydrogen-bond donors (Lipinski definition) is 1. The van der Waals surface area contributed by atoms with Crippen LogP contribution in [-0.4, -0.2) is 20.0 Å². The molecule has 0 spiro atoms. The first kappa shape index (κ1) is 9.42. The molecule has 2 heterocycles. The number of hydrogen-bond acceptors (Lipinski definition) is 4. The molecule has 0 unspecified atom stereocenters. The molecule has 1 saturated heterocycles. The first-order valence-corrected chi connectivity index (χ1v) is 5.11. The van der Waals surface area contributed by atoms with Gasteiger partial charge in [-0.25, -0.2) is 0 Å². The zero-order chi connectivity index (χ0) is 10.1. The van der Waals surface area contributed by atoms with Crippen LogP contribution >= 0.6 is 24.0 Å². The van der Waals surface area contributed by atoms with Crippen molar-refractivity contribution < 1.29 is 4.79 Å². The van der Waals surface area contributed by atoms with E-state index in [1.807, 2.05) is 13.2 Å². The molecule has 1 aliphatic heterocycles. The van der Waals surface area contributed by atoms with Crippen molar-refractivity contribution >= 4 is 40.3 Å². The van der Waals surface area contributed by atoms with Crippen molar-refractivity contribution in [1.29, 1.82) is 0 Å². The van der Waals surface area contributed by atoms with E-state index in [2.05, 4.69) is 10.4 Å². The minimum absolute atomic E-state index is 0.135. The molecule has 1 aliphatic rings. The summed E-state index contributed by atoms with van der Waals surface area (Å²) in [5.74, 6) is -0.135. The SMILES string of the molecule is Cn1cc(/C=C2/SC(=S)NC2=O)cn1. The van der Waals surface area contributed by atoms with Crippen LogP contribution in [0, 0.1) is 0 Å². The Labute approximate surface area is 90.4 Å². The molecule has 6 heteroatoms. The normalized spacial score (nSPS) is 19.1. The number of thiocarbonyl (C=S) groups is 1. The lowest BCUT2D eigenvalue weighted by Gasteiger charge is -1.88. The summed E-state index contributed by atoms with van der Waals surface area (Å²) in [6.45, 7) is 0. The number of aryl methyl sites for hydroxylation is 1. The van der Waals surface area contributed by atoms with Gasteiger partial charge < -0.3 is 5.32 Å². The Morgan fingerprint density at radius 2 is 2.50 bits per heavy atom. The predicted octanol–water partition coefficient (Wildman–Crippen LogP) is 0.909. The van der Waals surface area contributed by atoms with Crippen molar-refractivity contribution in [2.45, 2.75) is 0 Å². The van der Waals surface area contributed by atoms with Gasteiger partial charge in [0, 0.05) is 18.8 Å². The van der Waals surface area contributed by atoms with Gasteiger partial charge in [0.1, 0.15) is 4.32 Å². The first-order valence-electron chi connectivity index (χ1n) is 3.88. The maximum Gasteiger partial charge on any atom is 0.263 e. The van der Waals surface area contributed by atoms with E-state index < -0.39 is 0 Å². The highest BCUT2D eigenvalue weighted by Gasteiger charge is 2.21. The van der Waals surface area contributed by atoms with Gasteiger partial charge >= 0.3 is 0 Å². The van der Waals surface area contributed by atoms with Gasteiger partial charge in [0.05, 0.1) is 11.1 Å². The Hall–Kier alpha value is -1.14. The van der Waals surface area contributed by atoms with Crippen LogP contribution in [0.25, 0.3) is 6.08 Å². The predicted molar refractivity (Wildman–Crippen MR) is 59.5 cm³/mol. The monoisotopic (exact) mass is 225 g/mol. The lowest BCUT2D eigenvalue weighted by molar-refractivity contribution is -0.115. The van der Waals surface area contributed by atoms with Gasteiger partial charge in [-0.2, -0.15) is 5.10 Å². The van der Waals surface area contributed by atoms with Crippen molar-refractivity contribution in [3.63, 3.8) is 0 Å². The number of nitrogens with one attached hydrogen (secondary N) is 1. The number of rotatable bonds is 1. The van der Waals surface area contributed by atoms with Gasteiger partial charge in [-0.3, -0.25) is 9.48 Å². The number of amides is 1. The summed E-state index contributed by atoms with van der Waals surface area (Å²) < 4.78 is 2.19. The van der Waals surface area contributed by atoms with Gasteiger partial charge in [0.2, 0.25) is 0 Å². The molecule has 1 aromatic rings. The van der Waals surface area contributed by atoms with E-state index in [1.165, 1.54) is 11.8 Å². The second-order valence-electron chi connectivity index (χ2n) is 2.80. The summed E-state index contributed by atoms with van der Waals surface area (Å²) >= 11 is 6.14. The van der Waals surface area contributed by atoms with E-state index in [-0.39, 0.29) is 5.91 Å². The molecule has 4 nitrogen and oxygen atoms in total. The van der Waals surface area contributed by atoms with Gasteiger partial charge in [-0.15, -0.1) is 0 Å². The highest BCUT2D eigenvalue weighted by molar-refractivity contribution is 8.26. The van der Waals surface area contributed by atoms with Gasteiger partial charge in [0.15, 0.2) is 0 Å². The average molecular weight is 225 g/mol. The van der Waals surface area contributed by atoms with Crippen molar-refractivity contribution in [1.82, 2.24) is 15.1 Å². The summed E-state index contributed by atoms with van der Waals surface area (Å²) in [7, 11) is 1.83. The topological polar surface area (TPSA) is 46.9 Å². The van der Waals surface area contributed by atoms with Gasteiger partial charge in [-0.1, -0.05) is 24.0 Å². The maximum atomic E-state index is 11.3. The number of carbonyl (C=O) groups excluding carboxylic acids is 1. The van der Waals surface area contributed by atoms with Crippen LogP contribution in [0.5, 0.6) is 0 Å². The Balaban J connectivity index is 2.27. The lowest BCUT2D eigenvalue weighted by Crippen LogP contribution is -2.17. The minimum atomic E-state index is -0.135. The van der Waals surface area contributed by atoms with Crippen LogP contribution in [-0.2, 0) is 11.8 Å². The first-order chi connectivity index (χ1) is 6.65. The number of nitrogens with zero attached hydrogens (tertiary/aromatic N) is 2. The zero-order valence-electron chi connectivity index (χ0n) is 7.35. The molecule has 1 amide bonds. The molecule has 0 saturated carbocycles. The molecule has 1 N–H and O–H groups in total. The zero-order valence-corrected chi connectivity index (χ0v) is 8.98. The lowest BCUT2D eigenvalue weighted by atomic mass is 10.3. The van der Waals surface area contributed by atoms with E-state index in [1.54, 1.807) is 17.0 Å². The minimum Gasteiger partial charge on any atom is -0.307 e. The summed E-state index contributed by atoms with van der Waals surface area (Å²) in [4.78, 5) is 11.9. The average Bonchev–Trinajstić information content (AvgIpc) is 2.61. The van der Waals surface area contributed by atoms with Crippen LogP contribution in [0.4, 0.5) is 0 Å². The van der Waals surface area contributed by atoms with E-state index in [9.17, 15) is 4.79 Å². The van der Waals surface area contributed by atoms with Crippen LogP contribution in [0.1, 0.15) is 5.56 Å². The molecule has 1 fully saturated rings. The van der Waals surface area contributed by atoms with Crippen LogP contribution < -0.4 is 5.32 Å².